The van der Waals surface area contributed by atoms with Crippen LogP contribution in [0.4, 0.5) is 5.69 Å². The van der Waals surface area contributed by atoms with Crippen LogP contribution in [-0.4, -0.2) is 54.8 Å². The maximum absolute atomic E-state index is 12.6. The lowest BCUT2D eigenvalue weighted by molar-refractivity contribution is -0.124. The van der Waals surface area contributed by atoms with Crippen LogP contribution < -0.4 is 10.6 Å². The SMILES string of the molecule is Cc1ccc(C(CNC(=O)CC2Sc3ccc(Cl)cc3NC2=O)N2CCOCC2)o1. The number of thioether (sulfide) groups is 1. The number of hydrogen-bond acceptors (Lipinski definition) is 6. The molecule has 2 amide bonds. The fourth-order valence-corrected chi connectivity index (χ4v) is 4.90. The summed E-state index contributed by atoms with van der Waals surface area (Å²) < 4.78 is 11.3. The van der Waals surface area contributed by atoms with Gasteiger partial charge >= 0.3 is 0 Å². The molecule has 2 unspecified atom stereocenters. The molecule has 0 saturated carbocycles. The highest BCUT2D eigenvalue weighted by molar-refractivity contribution is 8.01. The molecule has 7 nitrogen and oxygen atoms in total. The highest BCUT2D eigenvalue weighted by Crippen LogP contribution is 2.38. The zero-order valence-corrected chi connectivity index (χ0v) is 18.2. The molecule has 2 atom stereocenters. The number of carbonyl (C=O) groups excluding carboxylic acids is 2. The molecular weight excluding hydrogens is 426 g/mol. The summed E-state index contributed by atoms with van der Waals surface area (Å²) in [4.78, 5) is 28.2. The quantitative estimate of drug-likeness (QED) is 0.704. The largest absolute Gasteiger partial charge is 0.465 e. The number of ether oxygens (including phenoxy) is 1. The molecule has 2 aliphatic rings. The zero-order chi connectivity index (χ0) is 21.1. The summed E-state index contributed by atoms with van der Waals surface area (Å²) in [5.74, 6) is 1.31. The van der Waals surface area contributed by atoms with Gasteiger partial charge in [-0.2, -0.15) is 0 Å². The van der Waals surface area contributed by atoms with Crippen LogP contribution >= 0.6 is 23.4 Å². The topological polar surface area (TPSA) is 83.8 Å². The van der Waals surface area contributed by atoms with E-state index >= 15 is 0 Å². The van der Waals surface area contributed by atoms with Crippen molar-refractivity contribution < 1.29 is 18.7 Å². The van der Waals surface area contributed by atoms with Crippen molar-refractivity contribution in [3.63, 3.8) is 0 Å². The van der Waals surface area contributed by atoms with Gasteiger partial charge in [0.1, 0.15) is 11.5 Å². The van der Waals surface area contributed by atoms with Crippen LogP contribution in [0.3, 0.4) is 0 Å². The van der Waals surface area contributed by atoms with E-state index in [9.17, 15) is 9.59 Å². The Bertz CT molecular complexity index is 929. The summed E-state index contributed by atoms with van der Waals surface area (Å²) in [6.07, 6.45) is 0.103. The van der Waals surface area contributed by atoms with Crippen molar-refractivity contribution in [1.82, 2.24) is 10.2 Å². The Hall–Kier alpha value is -2.00. The number of nitrogens with zero attached hydrogens (tertiary/aromatic N) is 1. The molecular formula is C21H24ClN3O4S. The molecule has 0 bridgehead atoms. The van der Waals surface area contributed by atoms with E-state index in [4.69, 9.17) is 20.8 Å². The van der Waals surface area contributed by atoms with Gasteiger partial charge in [0.2, 0.25) is 11.8 Å². The highest BCUT2D eigenvalue weighted by Gasteiger charge is 2.30. The molecule has 0 radical (unpaired) electrons. The normalized spacial score (nSPS) is 20.3. The summed E-state index contributed by atoms with van der Waals surface area (Å²) in [5.41, 5.74) is 0.690. The van der Waals surface area contributed by atoms with Crippen molar-refractivity contribution in [3.05, 3.63) is 46.9 Å². The molecule has 2 N–H and O–H groups in total. The fraction of sp³-hybridized carbons (Fsp3) is 0.429. The van der Waals surface area contributed by atoms with Gasteiger partial charge in [-0.05, 0) is 37.3 Å². The van der Waals surface area contributed by atoms with Gasteiger partial charge in [-0.15, -0.1) is 11.8 Å². The smallest absolute Gasteiger partial charge is 0.238 e. The maximum atomic E-state index is 12.6. The average molecular weight is 450 g/mol. The van der Waals surface area contributed by atoms with Crippen LogP contribution in [0.2, 0.25) is 5.02 Å². The first kappa shape index (κ1) is 21.2. The second-order valence-electron chi connectivity index (χ2n) is 7.36. The maximum Gasteiger partial charge on any atom is 0.238 e. The molecule has 2 aromatic rings. The Morgan fingerprint density at radius 2 is 2.13 bits per heavy atom. The summed E-state index contributed by atoms with van der Waals surface area (Å²) >= 11 is 7.38. The summed E-state index contributed by atoms with van der Waals surface area (Å²) in [6, 6.07) is 9.17. The van der Waals surface area contributed by atoms with Crippen LogP contribution in [0.1, 0.15) is 24.0 Å². The molecule has 1 aromatic heterocycles. The van der Waals surface area contributed by atoms with E-state index in [1.165, 1.54) is 11.8 Å². The van der Waals surface area contributed by atoms with Crippen LogP contribution in [0, 0.1) is 6.92 Å². The lowest BCUT2D eigenvalue weighted by Crippen LogP contribution is -2.44. The number of benzene rings is 1. The van der Waals surface area contributed by atoms with Gasteiger partial charge in [0.05, 0.1) is 30.2 Å². The van der Waals surface area contributed by atoms with E-state index in [2.05, 4.69) is 15.5 Å². The summed E-state index contributed by atoms with van der Waals surface area (Å²) in [6.45, 7) is 5.19. The number of hydrogen-bond donors (Lipinski definition) is 2. The molecule has 3 heterocycles. The van der Waals surface area contributed by atoms with Gasteiger partial charge in [-0.3, -0.25) is 14.5 Å². The van der Waals surface area contributed by atoms with Crippen molar-refractivity contribution in [2.24, 2.45) is 0 Å². The third kappa shape index (κ3) is 5.00. The van der Waals surface area contributed by atoms with Crippen molar-refractivity contribution in [2.75, 3.05) is 38.2 Å². The van der Waals surface area contributed by atoms with E-state index in [0.29, 0.717) is 30.5 Å². The Kier molecular flexibility index (Phi) is 6.67. The average Bonchev–Trinajstić information content (AvgIpc) is 3.15. The first-order valence-electron chi connectivity index (χ1n) is 9.91. The van der Waals surface area contributed by atoms with E-state index in [0.717, 1.165) is 29.5 Å². The van der Waals surface area contributed by atoms with Crippen LogP contribution in [0.5, 0.6) is 0 Å². The Balaban J connectivity index is 1.37. The molecule has 30 heavy (non-hydrogen) atoms. The third-order valence-electron chi connectivity index (χ3n) is 5.20. The van der Waals surface area contributed by atoms with Gasteiger partial charge in [0.15, 0.2) is 0 Å². The fourth-order valence-electron chi connectivity index (χ4n) is 3.64. The summed E-state index contributed by atoms with van der Waals surface area (Å²) in [5, 5.41) is 5.92. The minimum absolute atomic E-state index is 0.0674. The predicted molar refractivity (Wildman–Crippen MR) is 116 cm³/mol. The Morgan fingerprint density at radius 1 is 1.33 bits per heavy atom. The van der Waals surface area contributed by atoms with Gasteiger partial charge in [0, 0.05) is 36.0 Å². The van der Waals surface area contributed by atoms with Crippen LogP contribution in [0.25, 0.3) is 0 Å². The van der Waals surface area contributed by atoms with Crippen LogP contribution in [-0.2, 0) is 14.3 Å². The van der Waals surface area contributed by atoms with Gasteiger partial charge in [-0.1, -0.05) is 11.6 Å². The number of aryl methyl sites for hydroxylation is 1. The molecule has 2 aliphatic heterocycles. The lowest BCUT2D eigenvalue weighted by Gasteiger charge is -2.33. The Morgan fingerprint density at radius 3 is 2.87 bits per heavy atom. The molecule has 1 aromatic carbocycles. The molecule has 160 valence electrons. The number of amides is 2. The van der Waals surface area contributed by atoms with Crippen molar-refractivity contribution in [2.45, 2.75) is 29.5 Å². The minimum Gasteiger partial charge on any atom is -0.465 e. The molecule has 4 rings (SSSR count). The van der Waals surface area contributed by atoms with E-state index in [-0.39, 0.29) is 24.3 Å². The second kappa shape index (κ2) is 9.43. The minimum atomic E-state index is -0.480. The Labute approximate surface area is 184 Å². The molecule has 0 aliphatic carbocycles. The molecule has 1 fully saturated rings. The van der Waals surface area contributed by atoms with Crippen molar-refractivity contribution in [3.8, 4) is 0 Å². The van der Waals surface area contributed by atoms with E-state index in [1.54, 1.807) is 12.1 Å². The number of halogens is 1. The number of carbonyl (C=O) groups is 2. The van der Waals surface area contributed by atoms with Gasteiger partial charge in [0.25, 0.3) is 0 Å². The van der Waals surface area contributed by atoms with E-state index in [1.807, 2.05) is 25.1 Å². The van der Waals surface area contributed by atoms with Gasteiger partial charge < -0.3 is 19.8 Å². The molecule has 1 saturated heterocycles. The van der Waals surface area contributed by atoms with E-state index < -0.39 is 5.25 Å². The first-order valence-corrected chi connectivity index (χ1v) is 11.2. The number of nitrogens with one attached hydrogen (secondary N) is 2. The lowest BCUT2D eigenvalue weighted by atomic mass is 10.1. The zero-order valence-electron chi connectivity index (χ0n) is 16.7. The number of morpholine rings is 1. The second-order valence-corrected chi connectivity index (χ2v) is 9.04. The number of furan rings is 1. The molecule has 9 heteroatoms. The number of anilines is 1. The standard InChI is InChI=1S/C21H24ClN3O4S/c1-13-2-4-17(29-13)16(25-6-8-28-9-7-25)12-23-20(26)11-19-21(27)24-15-10-14(22)3-5-18(15)30-19/h2-5,10,16,19H,6-9,11-12H2,1H3,(H,23,26)(H,24,27). The van der Waals surface area contributed by atoms with Crippen molar-refractivity contribution in [1.29, 1.82) is 0 Å². The van der Waals surface area contributed by atoms with Crippen LogP contribution in [0.15, 0.2) is 39.6 Å². The monoisotopic (exact) mass is 449 g/mol. The summed E-state index contributed by atoms with van der Waals surface area (Å²) in [7, 11) is 0. The number of fused-ring (bicyclic) bond motifs is 1. The predicted octanol–water partition coefficient (Wildman–Crippen LogP) is 3.23. The number of rotatable bonds is 6. The van der Waals surface area contributed by atoms with Crippen molar-refractivity contribution >= 4 is 40.9 Å². The third-order valence-corrected chi connectivity index (χ3v) is 6.71. The first-order chi connectivity index (χ1) is 14.5. The highest BCUT2D eigenvalue weighted by atomic mass is 35.5. The van der Waals surface area contributed by atoms with Gasteiger partial charge in [-0.25, -0.2) is 0 Å². The molecule has 0 spiro atoms.